The van der Waals surface area contributed by atoms with E-state index in [-0.39, 0.29) is 12.7 Å². The minimum absolute atomic E-state index is 0.00739. The Morgan fingerprint density at radius 1 is 1.06 bits per heavy atom. The molecule has 1 fully saturated rings. The molecule has 0 radical (unpaired) electrons. The Morgan fingerprint density at radius 2 is 1.76 bits per heavy atom. The van der Waals surface area contributed by atoms with Crippen LogP contribution < -0.4 is 14.8 Å². The van der Waals surface area contributed by atoms with Crippen LogP contribution in [0.1, 0.15) is 69.4 Å². The van der Waals surface area contributed by atoms with Crippen LogP contribution in [0.25, 0.3) is 0 Å². The first-order chi connectivity index (χ1) is 16.1. The number of nitrogens with one attached hydrogen (secondary N) is 1. The van der Waals surface area contributed by atoms with Crippen LogP contribution in [-0.2, 0) is 16.6 Å². The van der Waals surface area contributed by atoms with Gasteiger partial charge in [-0.15, -0.1) is 11.3 Å². The molecule has 1 N–H and O–H groups in total. The van der Waals surface area contributed by atoms with Gasteiger partial charge in [0.05, 0.1) is 5.41 Å². The van der Waals surface area contributed by atoms with Gasteiger partial charge in [-0.25, -0.2) is 4.98 Å². The van der Waals surface area contributed by atoms with Crippen molar-refractivity contribution in [2.24, 2.45) is 0 Å². The normalized spacial score (nSPS) is 15.3. The maximum Gasteiger partial charge on any atom is 0.236 e. The molecule has 176 valence electrons. The van der Waals surface area contributed by atoms with Crippen LogP contribution in [0, 0.1) is 0 Å². The van der Waals surface area contributed by atoms with Crippen LogP contribution in [0.3, 0.4) is 0 Å². The van der Waals surface area contributed by atoms with E-state index < -0.39 is 5.41 Å². The Morgan fingerprint density at radius 3 is 2.45 bits per heavy atom. The molecule has 1 atom stereocenters. The van der Waals surface area contributed by atoms with Crippen LogP contribution in [0.2, 0.25) is 0 Å². The van der Waals surface area contributed by atoms with Crippen LogP contribution >= 0.6 is 11.3 Å². The van der Waals surface area contributed by atoms with Crippen molar-refractivity contribution in [3.05, 3.63) is 70.7 Å². The van der Waals surface area contributed by atoms with Crippen LogP contribution in [-0.4, -0.2) is 17.7 Å². The summed E-state index contributed by atoms with van der Waals surface area (Å²) in [4.78, 5) is 18.7. The van der Waals surface area contributed by atoms with Gasteiger partial charge in [0.2, 0.25) is 12.7 Å². The molecule has 2 heterocycles. The number of hydrogen-bond acceptors (Lipinski definition) is 5. The van der Waals surface area contributed by atoms with Crippen molar-refractivity contribution in [1.29, 1.82) is 0 Å². The summed E-state index contributed by atoms with van der Waals surface area (Å²) in [7, 11) is 0. The number of thiazole rings is 1. The summed E-state index contributed by atoms with van der Waals surface area (Å²) >= 11 is 1.56. The first-order valence-electron chi connectivity index (χ1n) is 11.9. The maximum atomic E-state index is 13.1. The number of benzene rings is 2. The summed E-state index contributed by atoms with van der Waals surface area (Å²) in [6.07, 6.45) is 4.51. The molecule has 6 heteroatoms. The van der Waals surface area contributed by atoms with Crippen LogP contribution in [0.15, 0.2) is 54.7 Å². The average molecular weight is 467 g/mol. The van der Waals surface area contributed by atoms with Crippen molar-refractivity contribution < 1.29 is 14.3 Å². The van der Waals surface area contributed by atoms with E-state index >= 15 is 0 Å². The molecule has 1 aliphatic heterocycles. The van der Waals surface area contributed by atoms with Gasteiger partial charge in [-0.3, -0.25) is 4.79 Å². The molecule has 1 unspecified atom stereocenters. The van der Waals surface area contributed by atoms with Crippen molar-refractivity contribution in [3.63, 3.8) is 0 Å². The number of carbonyl (C=O) groups excluding carboxylic acids is 1. The number of anilines is 1. The number of ether oxygens (including phenoxy) is 2. The van der Waals surface area contributed by atoms with Gasteiger partial charge in [-0.1, -0.05) is 71.0 Å². The molecule has 0 bridgehead atoms. The van der Waals surface area contributed by atoms with Gasteiger partial charge in [0.1, 0.15) is 0 Å². The SMILES string of the molecule is CC.CC.CC(Cc1ccccc1)c1cnc(NC(=O)C2(c3ccc4c(c3)OCO4)CC2)s1. The molecule has 0 spiro atoms. The van der Waals surface area contributed by atoms with E-state index in [9.17, 15) is 4.79 Å². The Hall–Kier alpha value is -2.86. The molecular formula is C27H34N2O3S. The average Bonchev–Trinajstić information content (AvgIpc) is 3.31. The fourth-order valence-electron chi connectivity index (χ4n) is 3.82. The molecule has 2 aromatic carbocycles. The smallest absolute Gasteiger partial charge is 0.236 e. The highest BCUT2D eigenvalue weighted by molar-refractivity contribution is 7.15. The minimum Gasteiger partial charge on any atom is -0.454 e. The summed E-state index contributed by atoms with van der Waals surface area (Å²) in [5.41, 5.74) is 1.80. The number of amides is 1. The summed E-state index contributed by atoms with van der Waals surface area (Å²) < 4.78 is 10.9. The molecule has 1 saturated carbocycles. The molecule has 1 aromatic heterocycles. The molecule has 5 nitrogen and oxygen atoms in total. The van der Waals surface area contributed by atoms with E-state index in [1.807, 2.05) is 58.2 Å². The number of hydrogen-bond donors (Lipinski definition) is 1. The van der Waals surface area contributed by atoms with Crippen molar-refractivity contribution in [3.8, 4) is 11.5 Å². The van der Waals surface area contributed by atoms with Crippen molar-refractivity contribution in [1.82, 2.24) is 4.98 Å². The van der Waals surface area contributed by atoms with Crippen molar-refractivity contribution in [2.75, 3.05) is 12.1 Å². The lowest BCUT2D eigenvalue weighted by Crippen LogP contribution is -2.27. The topological polar surface area (TPSA) is 60.5 Å². The Kier molecular flexibility index (Phi) is 8.50. The third-order valence-corrected chi connectivity index (χ3v) is 6.87. The fourth-order valence-corrected chi connectivity index (χ4v) is 4.69. The van der Waals surface area contributed by atoms with E-state index in [0.717, 1.165) is 30.6 Å². The first kappa shape index (κ1) is 24.8. The van der Waals surface area contributed by atoms with Crippen LogP contribution in [0.4, 0.5) is 5.13 Å². The van der Waals surface area contributed by atoms with E-state index in [1.54, 1.807) is 11.3 Å². The highest BCUT2D eigenvalue weighted by Crippen LogP contribution is 2.51. The molecule has 0 saturated heterocycles. The lowest BCUT2D eigenvalue weighted by molar-refractivity contribution is -0.118. The molecule has 3 aromatic rings. The first-order valence-corrected chi connectivity index (χ1v) is 12.7. The number of aromatic nitrogens is 1. The fraction of sp³-hybridized carbons (Fsp3) is 0.407. The molecule has 1 aliphatic carbocycles. The maximum absolute atomic E-state index is 13.1. The highest BCUT2D eigenvalue weighted by Gasteiger charge is 2.52. The second-order valence-corrected chi connectivity index (χ2v) is 8.83. The van der Waals surface area contributed by atoms with Crippen molar-refractivity contribution in [2.45, 2.75) is 65.2 Å². The van der Waals surface area contributed by atoms with Gasteiger partial charge in [0.15, 0.2) is 16.6 Å². The van der Waals surface area contributed by atoms with Crippen LogP contribution in [0.5, 0.6) is 11.5 Å². The number of carbonyl (C=O) groups is 1. The highest BCUT2D eigenvalue weighted by atomic mass is 32.1. The second kappa shape index (κ2) is 11.3. The van der Waals surface area contributed by atoms with E-state index in [1.165, 1.54) is 10.4 Å². The Balaban J connectivity index is 0.000000728. The minimum atomic E-state index is -0.484. The zero-order chi connectivity index (χ0) is 23.8. The van der Waals surface area contributed by atoms with Gasteiger partial charge in [0, 0.05) is 11.1 Å². The Labute approximate surface area is 201 Å². The van der Waals surface area contributed by atoms with E-state index in [0.29, 0.717) is 16.8 Å². The zero-order valence-electron chi connectivity index (χ0n) is 20.2. The lowest BCUT2D eigenvalue weighted by atomic mass is 9.94. The number of fused-ring (bicyclic) bond motifs is 1. The molecule has 1 amide bonds. The lowest BCUT2D eigenvalue weighted by Gasteiger charge is -2.15. The summed E-state index contributed by atoms with van der Waals surface area (Å²) in [6, 6.07) is 16.2. The number of nitrogens with zero attached hydrogens (tertiary/aromatic N) is 1. The predicted octanol–water partition coefficient (Wildman–Crippen LogP) is 6.94. The summed E-state index contributed by atoms with van der Waals surface area (Å²) in [5.74, 6) is 1.81. The van der Waals surface area contributed by atoms with Gasteiger partial charge in [-0.2, -0.15) is 0 Å². The second-order valence-electron chi connectivity index (χ2n) is 7.76. The molecular weight excluding hydrogens is 432 g/mol. The Bertz CT molecular complexity index is 1040. The molecule has 2 aliphatic rings. The monoisotopic (exact) mass is 466 g/mol. The third kappa shape index (κ3) is 5.56. The standard InChI is InChI=1S/C23H22N2O3S.2C2H6/c1-15(11-16-5-3-2-4-6-16)20-13-24-22(29-20)25-21(26)23(9-10-23)17-7-8-18-19(12-17)28-14-27-18;2*1-2/h2-8,12-13,15H,9-11,14H2,1H3,(H,24,25,26);2*1-2H3. The van der Waals surface area contributed by atoms with Crippen molar-refractivity contribution >= 4 is 22.4 Å². The quantitative estimate of drug-likeness (QED) is 0.427. The van der Waals surface area contributed by atoms with Gasteiger partial charge in [-0.05, 0) is 48.4 Å². The number of rotatable bonds is 6. The largest absolute Gasteiger partial charge is 0.454 e. The third-order valence-electron chi connectivity index (χ3n) is 5.72. The zero-order valence-corrected chi connectivity index (χ0v) is 21.0. The van der Waals surface area contributed by atoms with E-state index in [4.69, 9.17) is 9.47 Å². The molecule has 33 heavy (non-hydrogen) atoms. The van der Waals surface area contributed by atoms with E-state index in [2.05, 4.69) is 41.5 Å². The summed E-state index contributed by atoms with van der Waals surface area (Å²) in [5, 5.41) is 3.71. The van der Waals surface area contributed by atoms with Gasteiger partial charge in [0.25, 0.3) is 0 Å². The predicted molar refractivity (Wildman–Crippen MR) is 135 cm³/mol. The summed E-state index contributed by atoms with van der Waals surface area (Å²) in [6.45, 7) is 10.4. The van der Waals surface area contributed by atoms with Gasteiger partial charge >= 0.3 is 0 Å². The van der Waals surface area contributed by atoms with Gasteiger partial charge < -0.3 is 14.8 Å². The molecule has 5 rings (SSSR count).